The molecule has 68 valence electrons. The van der Waals surface area contributed by atoms with Crippen molar-refractivity contribution in [3.05, 3.63) is 10.5 Å². The number of aliphatic hydroxyl groups is 1. The van der Waals surface area contributed by atoms with E-state index < -0.39 is 0 Å². The van der Waals surface area contributed by atoms with Gasteiger partial charge in [-0.05, 0) is 13.3 Å². The Morgan fingerprint density at radius 1 is 1.83 bits per heavy atom. The molecule has 0 radical (unpaired) electrons. The minimum Gasteiger partial charge on any atom is -0.396 e. The van der Waals surface area contributed by atoms with Crippen molar-refractivity contribution < 1.29 is 5.11 Å². The average molecular weight is 207 g/mol. The summed E-state index contributed by atoms with van der Waals surface area (Å²) in [7, 11) is 0. The lowest BCUT2D eigenvalue weighted by Crippen LogP contribution is -2.16. The van der Waals surface area contributed by atoms with Crippen LogP contribution in [0.4, 0.5) is 5.13 Å². The van der Waals surface area contributed by atoms with Crippen molar-refractivity contribution in [1.82, 2.24) is 4.98 Å². The zero-order chi connectivity index (χ0) is 8.97. The summed E-state index contributed by atoms with van der Waals surface area (Å²) in [5.41, 5.74) is 0. The molecule has 0 aromatic carbocycles. The summed E-state index contributed by atoms with van der Waals surface area (Å²) in [6.07, 6.45) is 2.33. The van der Waals surface area contributed by atoms with Crippen LogP contribution in [0.5, 0.6) is 0 Å². The van der Waals surface area contributed by atoms with Crippen molar-refractivity contribution in [2.45, 2.75) is 19.4 Å². The molecule has 1 rings (SSSR count). The van der Waals surface area contributed by atoms with E-state index in [1.54, 1.807) is 6.20 Å². The summed E-state index contributed by atoms with van der Waals surface area (Å²) in [5.74, 6) is 0. The average Bonchev–Trinajstić information content (AvgIpc) is 2.36. The van der Waals surface area contributed by atoms with Crippen LogP contribution in [0.2, 0.25) is 4.34 Å². The molecule has 0 fully saturated rings. The Bertz CT molecular complexity index is 241. The molecular weight excluding hydrogens is 196 g/mol. The minimum absolute atomic E-state index is 0.188. The second-order valence-corrected chi connectivity index (χ2v) is 4.19. The van der Waals surface area contributed by atoms with Gasteiger partial charge in [-0.3, -0.25) is 0 Å². The molecule has 1 aromatic heterocycles. The van der Waals surface area contributed by atoms with Crippen LogP contribution in [0.25, 0.3) is 0 Å². The van der Waals surface area contributed by atoms with Crippen LogP contribution in [0.3, 0.4) is 0 Å². The first-order chi connectivity index (χ1) is 5.72. The largest absolute Gasteiger partial charge is 0.396 e. The Morgan fingerprint density at radius 2 is 2.58 bits per heavy atom. The van der Waals surface area contributed by atoms with Gasteiger partial charge >= 0.3 is 0 Å². The molecule has 0 bridgehead atoms. The van der Waals surface area contributed by atoms with Crippen LogP contribution in [0.15, 0.2) is 6.20 Å². The predicted molar refractivity (Wildman–Crippen MR) is 51.9 cm³/mol. The quantitative estimate of drug-likeness (QED) is 0.792. The number of anilines is 1. The summed E-state index contributed by atoms with van der Waals surface area (Å²) in [4.78, 5) is 4.03. The highest BCUT2D eigenvalue weighted by Gasteiger charge is 2.03. The highest BCUT2D eigenvalue weighted by Crippen LogP contribution is 2.23. The summed E-state index contributed by atoms with van der Waals surface area (Å²) in [6, 6.07) is 0.234. The Balaban J connectivity index is 2.41. The maximum absolute atomic E-state index is 8.64. The third kappa shape index (κ3) is 2.97. The molecule has 1 aromatic rings. The first-order valence-corrected chi connectivity index (χ1v) is 4.90. The van der Waals surface area contributed by atoms with E-state index in [0.29, 0.717) is 4.34 Å². The number of halogens is 1. The van der Waals surface area contributed by atoms with E-state index in [0.717, 1.165) is 11.6 Å². The zero-order valence-electron chi connectivity index (χ0n) is 6.75. The zero-order valence-corrected chi connectivity index (χ0v) is 8.32. The molecule has 0 aliphatic heterocycles. The van der Waals surface area contributed by atoms with Gasteiger partial charge in [0.25, 0.3) is 0 Å². The van der Waals surface area contributed by atoms with Crippen LogP contribution in [0, 0.1) is 0 Å². The van der Waals surface area contributed by atoms with Gasteiger partial charge in [-0.1, -0.05) is 22.9 Å². The van der Waals surface area contributed by atoms with E-state index in [2.05, 4.69) is 10.3 Å². The van der Waals surface area contributed by atoms with Crippen LogP contribution in [0.1, 0.15) is 13.3 Å². The van der Waals surface area contributed by atoms with Gasteiger partial charge in [-0.2, -0.15) is 0 Å². The van der Waals surface area contributed by atoms with Crippen molar-refractivity contribution in [3.8, 4) is 0 Å². The number of thiazole rings is 1. The van der Waals surface area contributed by atoms with Gasteiger partial charge < -0.3 is 10.4 Å². The highest BCUT2D eigenvalue weighted by atomic mass is 35.5. The second-order valence-electron chi connectivity index (χ2n) is 2.53. The van der Waals surface area contributed by atoms with Crippen molar-refractivity contribution in [1.29, 1.82) is 0 Å². The third-order valence-electron chi connectivity index (χ3n) is 1.41. The highest BCUT2D eigenvalue weighted by molar-refractivity contribution is 7.19. The Kier molecular flexibility index (Phi) is 3.78. The predicted octanol–water partition coefficient (Wildman–Crippen LogP) is 1.98. The maximum atomic E-state index is 8.64. The molecule has 0 amide bonds. The number of aromatic nitrogens is 1. The van der Waals surface area contributed by atoms with E-state index in [1.807, 2.05) is 6.92 Å². The SMILES string of the molecule is C[C@@H](CCO)Nc1ncc(Cl)s1. The molecule has 0 saturated heterocycles. The first-order valence-electron chi connectivity index (χ1n) is 3.71. The van der Waals surface area contributed by atoms with E-state index in [4.69, 9.17) is 16.7 Å². The maximum Gasteiger partial charge on any atom is 0.184 e. The van der Waals surface area contributed by atoms with E-state index in [1.165, 1.54) is 11.3 Å². The normalized spacial score (nSPS) is 12.9. The molecule has 1 heterocycles. The number of hydrogen-bond donors (Lipinski definition) is 2. The lowest BCUT2D eigenvalue weighted by atomic mass is 10.2. The fourth-order valence-corrected chi connectivity index (χ4v) is 1.72. The van der Waals surface area contributed by atoms with Gasteiger partial charge in [0.15, 0.2) is 5.13 Å². The molecule has 0 unspecified atom stereocenters. The molecule has 0 aliphatic carbocycles. The van der Waals surface area contributed by atoms with Crippen LogP contribution in [-0.4, -0.2) is 22.7 Å². The Labute approximate surface area is 80.4 Å². The van der Waals surface area contributed by atoms with Crippen molar-refractivity contribution in [3.63, 3.8) is 0 Å². The van der Waals surface area contributed by atoms with Crippen molar-refractivity contribution in [2.24, 2.45) is 0 Å². The molecule has 3 nitrogen and oxygen atoms in total. The number of rotatable bonds is 4. The number of nitrogens with zero attached hydrogens (tertiary/aromatic N) is 1. The molecule has 0 spiro atoms. The number of nitrogens with one attached hydrogen (secondary N) is 1. The fourth-order valence-electron chi connectivity index (χ4n) is 0.798. The lowest BCUT2D eigenvalue weighted by molar-refractivity contribution is 0.282. The number of hydrogen-bond acceptors (Lipinski definition) is 4. The van der Waals surface area contributed by atoms with Gasteiger partial charge in [0, 0.05) is 12.6 Å². The van der Waals surface area contributed by atoms with E-state index in [9.17, 15) is 0 Å². The van der Waals surface area contributed by atoms with Crippen LogP contribution in [-0.2, 0) is 0 Å². The second kappa shape index (κ2) is 4.64. The first kappa shape index (κ1) is 9.77. The van der Waals surface area contributed by atoms with Gasteiger partial charge in [-0.25, -0.2) is 4.98 Å². The van der Waals surface area contributed by atoms with Gasteiger partial charge in [-0.15, -0.1) is 0 Å². The van der Waals surface area contributed by atoms with Crippen molar-refractivity contribution in [2.75, 3.05) is 11.9 Å². The summed E-state index contributed by atoms with van der Waals surface area (Å²) >= 11 is 7.09. The number of aliphatic hydroxyl groups excluding tert-OH is 1. The monoisotopic (exact) mass is 206 g/mol. The lowest BCUT2D eigenvalue weighted by Gasteiger charge is -2.09. The smallest absolute Gasteiger partial charge is 0.184 e. The summed E-state index contributed by atoms with van der Waals surface area (Å²) in [6.45, 7) is 2.18. The molecule has 5 heteroatoms. The van der Waals surface area contributed by atoms with Gasteiger partial charge in [0.1, 0.15) is 4.34 Å². The Hall–Kier alpha value is -0.320. The third-order valence-corrected chi connectivity index (χ3v) is 2.46. The standard InChI is InChI=1S/C7H11ClN2OS/c1-5(2-3-11)10-7-9-4-6(8)12-7/h4-5,11H,2-3H2,1H3,(H,9,10)/t5-/m0/s1. The molecule has 1 atom stereocenters. The minimum atomic E-state index is 0.188. The molecule has 0 aliphatic rings. The van der Waals surface area contributed by atoms with Gasteiger partial charge in [0.2, 0.25) is 0 Å². The Morgan fingerprint density at radius 3 is 3.08 bits per heavy atom. The fraction of sp³-hybridized carbons (Fsp3) is 0.571. The van der Waals surface area contributed by atoms with Crippen LogP contribution < -0.4 is 5.32 Å². The van der Waals surface area contributed by atoms with Crippen molar-refractivity contribution >= 4 is 28.1 Å². The molecular formula is C7H11ClN2OS. The summed E-state index contributed by atoms with van der Waals surface area (Å²) < 4.78 is 0.675. The molecule has 2 N–H and O–H groups in total. The molecule has 0 saturated carbocycles. The topological polar surface area (TPSA) is 45.1 Å². The van der Waals surface area contributed by atoms with Crippen LogP contribution >= 0.6 is 22.9 Å². The van der Waals surface area contributed by atoms with E-state index >= 15 is 0 Å². The molecule has 12 heavy (non-hydrogen) atoms. The summed E-state index contributed by atoms with van der Waals surface area (Å²) in [5, 5.41) is 12.6. The van der Waals surface area contributed by atoms with Gasteiger partial charge in [0.05, 0.1) is 6.20 Å². The van der Waals surface area contributed by atoms with E-state index in [-0.39, 0.29) is 12.6 Å².